The quantitative estimate of drug-likeness (QED) is 0.524. The molecule has 0 radical (unpaired) electrons. The van der Waals surface area contributed by atoms with E-state index < -0.39 is 10.9 Å². The predicted molar refractivity (Wildman–Crippen MR) is 64.0 cm³/mol. The number of halogens is 1. The maximum Gasteiger partial charge on any atom is 0.328 e. The third-order valence-corrected chi connectivity index (χ3v) is 2.47. The third-order valence-electron chi connectivity index (χ3n) is 1.88. The van der Waals surface area contributed by atoms with Gasteiger partial charge in [0.1, 0.15) is 5.75 Å². The van der Waals surface area contributed by atoms with Gasteiger partial charge < -0.3 is 9.84 Å². The van der Waals surface area contributed by atoms with Crippen LogP contribution in [0.1, 0.15) is 5.56 Å². The second kappa shape index (κ2) is 5.44. The highest BCUT2D eigenvalue weighted by atomic mass is 79.9. The summed E-state index contributed by atoms with van der Waals surface area (Å²) in [5.74, 6) is -0.803. The molecule has 0 aliphatic rings. The molecule has 0 saturated heterocycles. The van der Waals surface area contributed by atoms with Crippen molar-refractivity contribution in [1.29, 1.82) is 0 Å². The number of carboxylic acid groups (broad SMARTS) is 1. The first kappa shape index (κ1) is 13.2. The van der Waals surface area contributed by atoms with E-state index in [-0.39, 0.29) is 5.69 Å². The minimum absolute atomic E-state index is 0.150. The lowest BCUT2D eigenvalue weighted by Crippen LogP contribution is -1.94. The average molecular weight is 302 g/mol. The molecular weight excluding hydrogens is 294 g/mol. The zero-order valence-electron chi connectivity index (χ0n) is 8.71. The van der Waals surface area contributed by atoms with Crippen LogP contribution in [-0.4, -0.2) is 23.1 Å². The highest BCUT2D eigenvalue weighted by molar-refractivity contribution is 9.10. The molecule has 6 nitrogen and oxygen atoms in total. The van der Waals surface area contributed by atoms with E-state index in [1.807, 2.05) is 0 Å². The van der Waals surface area contributed by atoms with Gasteiger partial charge in [-0.1, -0.05) is 0 Å². The number of ether oxygens (including phenoxy) is 1. The molecule has 1 N–H and O–H groups in total. The Kier molecular flexibility index (Phi) is 4.22. The number of nitrogens with zero attached hydrogens (tertiary/aromatic N) is 1. The van der Waals surface area contributed by atoms with Crippen LogP contribution in [0.3, 0.4) is 0 Å². The first-order chi connectivity index (χ1) is 7.95. The van der Waals surface area contributed by atoms with Crippen molar-refractivity contribution in [3.8, 4) is 5.75 Å². The Morgan fingerprint density at radius 1 is 1.59 bits per heavy atom. The molecule has 0 amide bonds. The maximum atomic E-state index is 10.6. The van der Waals surface area contributed by atoms with Gasteiger partial charge in [-0.15, -0.1) is 0 Å². The Bertz CT molecular complexity index is 498. The summed E-state index contributed by atoms with van der Waals surface area (Å²) < 4.78 is 5.42. The van der Waals surface area contributed by atoms with E-state index in [2.05, 4.69) is 15.9 Å². The maximum absolute atomic E-state index is 10.6. The highest BCUT2D eigenvalue weighted by Crippen LogP contribution is 2.34. The Morgan fingerprint density at radius 3 is 2.71 bits per heavy atom. The van der Waals surface area contributed by atoms with Gasteiger partial charge in [0, 0.05) is 23.8 Å². The van der Waals surface area contributed by atoms with Crippen LogP contribution in [0.4, 0.5) is 5.69 Å². The van der Waals surface area contributed by atoms with Crippen molar-refractivity contribution in [2.75, 3.05) is 7.11 Å². The smallest absolute Gasteiger partial charge is 0.328 e. The first-order valence-electron chi connectivity index (χ1n) is 4.38. The van der Waals surface area contributed by atoms with E-state index in [0.717, 1.165) is 6.08 Å². The Hall–Kier alpha value is -1.89. The fourth-order valence-electron chi connectivity index (χ4n) is 1.21. The molecule has 0 unspecified atom stereocenters. The van der Waals surface area contributed by atoms with Crippen molar-refractivity contribution in [2.45, 2.75) is 0 Å². The number of non-ortho nitro benzene ring substituents is 1. The van der Waals surface area contributed by atoms with Gasteiger partial charge in [-0.05, 0) is 22.0 Å². The SMILES string of the molecule is COc1c(Br)cc([N+](=O)[O-])cc1/C=C/C(=O)O. The van der Waals surface area contributed by atoms with Crippen LogP contribution >= 0.6 is 15.9 Å². The molecular formula is C10H8BrNO5. The zero-order valence-corrected chi connectivity index (χ0v) is 10.3. The van der Waals surface area contributed by atoms with Crippen molar-refractivity contribution < 1.29 is 19.6 Å². The number of hydrogen-bond donors (Lipinski definition) is 1. The van der Waals surface area contributed by atoms with Gasteiger partial charge in [-0.2, -0.15) is 0 Å². The lowest BCUT2D eigenvalue weighted by atomic mass is 10.1. The molecule has 0 fully saturated rings. The molecule has 0 saturated carbocycles. The summed E-state index contributed by atoms with van der Waals surface area (Å²) in [5.41, 5.74) is 0.165. The summed E-state index contributed by atoms with van der Waals surface area (Å²) in [5, 5.41) is 19.2. The Morgan fingerprint density at radius 2 is 2.24 bits per heavy atom. The number of methoxy groups -OCH3 is 1. The highest BCUT2D eigenvalue weighted by Gasteiger charge is 2.14. The van der Waals surface area contributed by atoms with E-state index >= 15 is 0 Å². The summed E-state index contributed by atoms with van der Waals surface area (Å²) in [6, 6.07) is 2.53. The van der Waals surface area contributed by atoms with E-state index in [1.54, 1.807) is 0 Å². The topological polar surface area (TPSA) is 89.7 Å². The second-order valence-corrected chi connectivity index (χ2v) is 3.83. The van der Waals surface area contributed by atoms with Crippen LogP contribution in [0.2, 0.25) is 0 Å². The van der Waals surface area contributed by atoms with Gasteiger partial charge in [0.2, 0.25) is 0 Å². The van der Waals surface area contributed by atoms with Gasteiger partial charge in [0.05, 0.1) is 16.5 Å². The molecule has 0 aromatic heterocycles. The van der Waals surface area contributed by atoms with Gasteiger partial charge in [0.15, 0.2) is 0 Å². The summed E-state index contributed by atoms with van der Waals surface area (Å²) in [7, 11) is 1.39. The number of carboxylic acids is 1. The van der Waals surface area contributed by atoms with Gasteiger partial charge in [-0.25, -0.2) is 4.79 Å². The van der Waals surface area contributed by atoms with Gasteiger partial charge >= 0.3 is 5.97 Å². The normalized spacial score (nSPS) is 10.5. The number of nitro groups is 1. The zero-order chi connectivity index (χ0) is 13.0. The lowest BCUT2D eigenvalue weighted by molar-refractivity contribution is -0.385. The van der Waals surface area contributed by atoms with Gasteiger partial charge in [-0.3, -0.25) is 10.1 Å². The molecule has 0 heterocycles. The first-order valence-corrected chi connectivity index (χ1v) is 5.18. The van der Waals surface area contributed by atoms with E-state index in [9.17, 15) is 14.9 Å². The van der Waals surface area contributed by atoms with E-state index in [0.29, 0.717) is 15.8 Å². The summed E-state index contributed by atoms with van der Waals surface area (Å²) in [6.07, 6.45) is 2.12. The molecule has 1 aromatic carbocycles. The molecule has 0 bridgehead atoms. The number of rotatable bonds is 4. The molecule has 1 aromatic rings. The van der Waals surface area contributed by atoms with Crippen LogP contribution in [0.15, 0.2) is 22.7 Å². The summed E-state index contributed by atoms with van der Waals surface area (Å²) in [4.78, 5) is 20.5. The van der Waals surface area contributed by atoms with Crippen molar-refractivity contribution >= 4 is 33.7 Å². The molecule has 90 valence electrons. The lowest BCUT2D eigenvalue weighted by Gasteiger charge is -2.06. The molecule has 1 rings (SSSR count). The van der Waals surface area contributed by atoms with Gasteiger partial charge in [0.25, 0.3) is 5.69 Å². The monoisotopic (exact) mass is 301 g/mol. The van der Waals surface area contributed by atoms with Crippen LogP contribution in [0.5, 0.6) is 5.75 Å². The predicted octanol–water partition coefficient (Wildman–Crippen LogP) is 2.46. The van der Waals surface area contributed by atoms with Crippen molar-refractivity contribution in [1.82, 2.24) is 0 Å². The van der Waals surface area contributed by atoms with E-state index in [4.69, 9.17) is 9.84 Å². The summed E-state index contributed by atoms with van der Waals surface area (Å²) >= 11 is 3.12. The Labute approximate surface area is 105 Å². The molecule has 0 spiro atoms. The average Bonchev–Trinajstić information content (AvgIpc) is 2.25. The fraction of sp³-hybridized carbons (Fsp3) is 0.100. The molecule has 0 aliphatic heterocycles. The molecule has 7 heteroatoms. The van der Waals surface area contributed by atoms with Crippen LogP contribution in [-0.2, 0) is 4.79 Å². The molecule has 0 aliphatic carbocycles. The fourth-order valence-corrected chi connectivity index (χ4v) is 1.83. The third kappa shape index (κ3) is 3.28. The summed E-state index contributed by atoms with van der Waals surface area (Å²) in [6.45, 7) is 0. The number of aliphatic carboxylic acids is 1. The molecule has 17 heavy (non-hydrogen) atoms. The Balaban J connectivity index is 3.33. The minimum Gasteiger partial charge on any atom is -0.495 e. The van der Waals surface area contributed by atoms with E-state index in [1.165, 1.54) is 25.3 Å². The number of benzene rings is 1. The minimum atomic E-state index is -1.14. The standard InChI is InChI=1S/C10H8BrNO5/c1-17-10-6(2-3-9(13)14)4-7(12(15)16)5-8(10)11/h2-5H,1H3,(H,13,14)/b3-2+. The van der Waals surface area contributed by atoms with Crippen molar-refractivity contribution in [3.63, 3.8) is 0 Å². The van der Waals surface area contributed by atoms with Crippen LogP contribution in [0, 0.1) is 10.1 Å². The molecule has 0 atom stereocenters. The van der Waals surface area contributed by atoms with Crippen LogP contribution in [0.25, 0.3) is 6.08 Å². The van der Waals surface area contributed by atoms with Crippen LogP contribution < -0.4 is 4.74 Å². The largest absolute Gasteiger partial charge is 0.495 e. The number of nitro benzene ring substituents is 1. The second-order valence-electron chi connectivity index (χ2n) is 2.98. The van der Waals surface area contributed by atoms with Crippen molar-refractivity contribution in [3.05, 3.63) is 38.4 Å². The number of hydrogen-bond acceptors (Lipinski definition) is 4. The van der Waals surface area contributed by atoms with Crippen molar-refractivity contribution in [2.24, 2.45) is 0 Å². The number of carbonyl (C=O) groups is 1.